The molecule has 0 bridgehead atoms. The quantitative estimate of drug-likeness (QED) is 0.347. The fourth-order valence-electron chi connectivity index (χ4n) is 3.36. The van der Waals surface area contributed by atoms with Gasteiger partial charge < -0.3 is 9.47 Å². The second kappa shape index (κ2) is 9.13. The third kappa shape index (κ3) is 4.29. The van der Waals surface area contributed by atoms with E-state index in [9.17, 15) is 9.18 Å². The van der Waals surface area contributed by atoms with E-state index in [0.717, 1.165) is 15.8 Å². The van der Waals surface area contributed by atoms with Crippen LogP contribution in [-0.2, 0) is 18.4 Å². The Labute approximate surface area is 183 Å². The van der Waals surface area contributed by atoms with Gasteiger partial charge >= 0.3 is 5.69 Å². The van der Waals surface area contributed by atoms with Crippen molar-refractivity contribution in [3.63, 3.8) is 0 Å². The highest BCUT2D eigenvalue weighted by Gasteiger charge is 2.18. The van der Waals surface area contributed by atoms with Crippen molar-refractivity contribution in [3.8, 4) is 11.4 Å². The van der Waals surface area contributed by atoms with E-state index < -0.39 is 0 Å². The lowest BCUT2D eigenvalue weighted by Crippen LogP contribution is -2.23. The first kappa shape index (κ1) is 21.4. The van der Waals surface area contributed by atoms with Crippen LogP contribution in [0.1, 0.15) is 36.5 Å². The van der Waals surface area contributed by atoms with Gasteiger partial charge in [0.1, 0.15) is 18.2 Å². The van der Waals surface area contributed by atoms with E-state index in [2.05, 4.69) is 20.6 Å². The SMILES string of the molecule is CCC(=NN=C1CCOc2ccc(F)cc21)OCc1c(C)cccc1-n1nnn(C)c1=O. The summed E-state index contributed by atoms with van der Waals surface area (Å²) in [6.07, 6.45) is 1.03. The minimum atomic E-state index is -0.357. The first-order chi connectivity index (χ1) is 15.5. The maximum Gasteiger partial charge on any atom is 0.368 e. The molecule has 4 rings (SSSR count). The average Bonchev–Trinajstić information content (AvgIpc) is 3.12. The zero-order valence-corrected chi connectivity index (χ0v) is 18.1. The van der Waals surface area contributed by atoms with E-state index in [1.165, 1.54) is 16.8 Å². The van der Waals surface area contributed by atoms with Gasteiger partial charge in [-0.2, -0.15) is 14.5 Å². The zero-order valence-electron chi connectivity index (χ0n) is 18.1. The van der Waals surface area contributed by atoms with Crippen LogP contribution >= 0.6 is 0 Å². The molecule has 32 heavy (non-hydrogen) atoms. The Morgan fingerprint density at radius 1 is 1.28 bits per heavy atom. The van der Waals surface area contributed by atoms with Gasteiger partial charge in [-0.25, -0.2) is 9.18 Å². The summed E-state index contributed by atoms with van der Waals surface area (Å²) in [5.74, 6) is 0.649. The summed E-state index contributed by atoms with van der Waals surface area (Å²) < 4.78 is 27.6. The van der Waals surface area contributed by atoms with Crippen LogP contribution in [0.5, 0.6) is 5.75 Å². The van der Waals surface area contributed by atoms with E-state index in [0.29, 0.717) is 48.1 Å². The first-order valence-electron chi connectivity index (χ1n) is 10.2. The number of aryl methyl sites for hydroxylation is 2. The van der Waals surface area contributed by atoms with Gasteiger partial charge in [0.15, 0.2) is 0 Å². The maximum atomic E-state index is 13.7. The predicted molar refractivity (Wildman–Crippen MR) is 117 cm³/mol. The van der Waals surface area contributed by atoms with Gasteiger partial charge in [-0.1, -0.05) is 19.1 Å². The Hall–Kier alpha value is -3.82. The average molecular weight is 438 g/mol. The number of tetrazole rings is 1. The molecule has 1 aliphatic rings. The number of hydrogen-bond acceptors (Lipinski definition) is 7. The summed E-state index contributed by atoms with van der Waals surface area (Å²) in [5.41, 5.74) is 3.22. The Balaban J connectivity index is 1.59. The number of rotatable bonds is 5. The molecule has 0 unspecified atom stereocenters. The molecule has 10 heteroatoms. The van der Waals surface area contributed by atoms with Crippen molar-refractivity contribution in [2.45, 2.75) is 33.3 Å². The number of ether oxygens (including phenoxy) is 2. The highest BCUT2D eigenvalue weighted by Crippen LogP contribution is 2.26. The number of hydrogen-bond donors (Lipinski definition) is 0. The van der Waals surface area contributed by atoms with E-state index >= 15 is 0 Å². The van der Waals surface area contributed by atoms with Gasteiger partial charge in [0.25, 0.3) is 0 Å². The Morgan fingerprint density at radius 2 is 2.12 bits per heavy atom. The van der Waals surface area contributed by atoms with Gasteiger partial charge in [0.05, 0.1) is 18.0 Å². The molecule has 0 saturated carbocycles. The summed E-state index contributed by atoms with van der Waals surface area (Å²) >= 11 is 0. The molecule has 0 spiro atoms. The molecule has 2 heterocycles. The molecule has 3 aromatic rings. The van der Waals surface area contributed by atoms with Crippen molar-refractivity contribution in [3.05, 3.63) is 69.4 Å². The van der Waals surface area contributed by atoms with Crippen molar-refractivity contribution in [2.24, 2.45) is 17.3 Å². The third-order valence-corrected chi connectivity index (χ3v) is 5.15. The van der Waals surface area contributed by atoms with Gasteiger partial charge in [-0.15, -0.1) is 5.10 Å². The van der Waals surface area contributed by atoms with E-state index in [1.807, 2.05) is 26.0 Å². The Kier molecular flexibility index (Phi) is 6.11. The van der Waals surface area contributed by atoms with Crippen LogP contribution < -0.4 is 10.4 Å². The third-order valence-electron chi connectivity index (χ3n) is 5.15. The molecule has 0 fully saturated rings. The lowest BCUT2D eigenvalue weighted by atomic mass is 10.0. The van der Waals surface area contributed by atoms with Crippen LogP contribution in [0.15, 0.2) is 51.4 Å². The molecule has 0 saturated heterocycles. The van der Waals surface area contributed by atoms with E-state index in [-0.39, 0.29) is 18.1 Å². The highest BCUT2D eigenvalue weighted by atomic mass is 19.1. The molecule has 166 valence electrons. The second-order valence-corrected chi connectivity index (χ2v) is 7.29. The van der Waals surface area contributed by atoms with Crippen LogP contribution in [0.2, 0.25) is 0 Å². The van der Waals surface area contributed by atoms with Gasteiger partial charge in [-0.05, 0) is 47.2 Å². The summed E-state index contributed by atoms with van der Waals surface area (Å²) in [4.78, 5) is 12.3. The number of benzene rings is 2. The van der Waals surface area contributed by atoms with Gasteiger partial charge in [-0.3, -0.25) is 0 Å². The van der Waals surface area contributed by atoms with Gasteiger partial charge in [0.2, 0.25) is 5.90 Å². The summed E-state index contributed by atoms with van der Waals surface area (Å²) in [6.45, 7) is 4.47. The van der Waals surface area contributed by atoms with Crippen LogP contribution in [0, 0.1) is 12.7 Å². The minimum absolute atomic E-state index is 0.177. The molecule has 0 radical (unpaired) electrons. The molecule has 0 atom stereocenters. The van der Waals surface area contributed by atoms with Crippen LogP contribution in [-0.4, -0.2) is 38.0 Å². The minimum Gasteiger partial charge on any atom is -0.492 e. The largest absolute Gasteiger partial charge is 0.492 e. The number of nitrogens with zero attached hydrogens (tertiary/aromatic N) is 6. The van der Waals surface area contributed by atoms with Crippen molar-refractivity contribution >= 4 is 11.6 Å². The first-order valence-corrected chi connectivity index (χ1v) is 10.2. The molecule has 1 aliphatic heterocycles. The normalized spacial score (nSPS) is 14.9. The van der Waals surface area contributed by atoms with Crippen molar-refractivity contribution in [1.82, 2.24) is 19.8 Å². The van der Waals surface area contributed by atoms with Crippen molar-refractivity contribution in [2.75, 3.05) is 6.61 Å². The topological polar surface area (TPSA) is 95.9 Å². The number of fused-ring (bicyclic) bond motifs is 1. The van der Waals surface area contributed by atoms with E-state index in [1.54, 1.807) is 19.2 Å². The van der Waals surface area contributed by atoms with Crippen molar-refractivity contribution in [1.29, 1.82) is 0 Å². The molecule has 0 amide bonds. The molecule has 0 aliphatic carbocycles. The lowest BCUT2D eigenvalue weighted by Gasteiger charge is -2.18. The smallest absolute Gasteiger partial charge is 0.368 e. The Morgan fingerprint density at radius 3 is 2.88 bits per heavy atom. The van der Waals surface area contributed by atoms with E-state index in [4.69, 9.17) is 9.47 Å². The number of aromatic nitrogens is 4. The highest BCUT2D eigenvalue weighted by molar-refractivity contribution is 6.03. The predicted octanol–water partition coefficient (Wildman–Crippen LogP) is 2.93. The fourth-order valence-corrected chi connectivity index (χ4v) is 3.36. The van der Waals surface area contributed by atoms with Crippen molar-refractivity contribution < 1.29 is 13.9 Å². The zero-order chi connectivity index (χ0) is 22.7. The second-order valence-electron chi connectivity index (χ2n) is 7.29. The Bertz CT molecular complexity index is 1260. The maximum absolute atomic E-state index is 13.7. The lowest BCUT2D eigenvalue weighted by molar-refractivity contribution is 0.282. The van der Waals surface area contributed by atoms with Crippen LogP contribution in [0.4, 0.5) is 4.39 Å². The molecule has 1 aromatic heterocycles. The van der Waals surface area contributed by atoms with Crippen LogP contribution in [0.3, 0.4) is 0 Å². The summed E-state index contributed by atoms with van der Waals surface area (Å²) in [6, 6.07) is 9.91. The molecular weight excluding hydrogens is 415 g/mol. The molecule has 0 N–H and O–H groups in total. The van der Waals surface area contributed by atoms with Gasteiger partial charge in [0, 0.05) is 31.0 Å². The monoisotopic (exact) mass is 438 g/mol. The molecular formula is C22H23FN6O3. The fraction of sp³-hybridized carbons (Fsp3) is 0.318. The summed E-state index contributed by atoms with van der Waals surface area (Å²) in [7, 11) is 1.54. The molecule has 9 nitrogen and oxygen atoms in total. The van der Waals surface area contributed by atoms with Crippen LogP contribution in [0.25, 0.3) is 5.69 Å². The number of halogens is 1. The summed E-state index contributed by atoms with van der Waals surface area (Å²) in [5, 5.41) is 16.3. The standard InChI is InChI=1S/C22H23FN6O3/c1-4-21(25-24-18-10-11-31-20-9-8-15(23)12-16(18)20)32-13-17-14(2)6-5-7-19(17)29-22(30)28(3)26-27-29/h5-9,12H,4,10-11,13H2,1-3H3. The molecule has 2 aromatic carbocycles.